The fraction of sp³-hybridized carbons (Fsp3) is 0. The maximum atomic E-state index is 4.91. The van der Waals surface area contributed by atoms with Crippen molar-refractivity contribution in [3.05, 3.63) is 0 Å². The molecule has 4 heavy (non-hydrogen) atoms. The second-order valence-corrected chi connectivity index (χ2v) is 1.85. The van der Waals surface area contributed by atoms with Crippen LogP contribution in [0.3, 0.4) is 0 Å². The van der Waals surface area contributed by atoms with Crippen LogP contribution in [0.4, 0.5) is 0 Å². The van der Waals surface area contributed by atoms with Gasteiger partial charge in [-0.3, -0.25) is 0 Å². The van der Waals surface area contributed by atoms with Crippen LogP contribution in [-0.2, 0) is 12.1 Å². The number of hydrogen-bond donors (Lipinski definition) is 2. The first kappa shape index (κ1) is 5.04. The van der Waals surface area contributed by atoms with Gasteiger partial charge in [-0.05, 0) is 0 Å². The van der Waals surface area contributed by atoms with E-state index in [1.54, 1.807) is 15.8 Å². The van der Waals surface area contributed by atoms with Crippen molar-refractivity contribution in [1.29, 1.82) is 0 Å². The summed E-state index contributed by atoms with van der Waals surface area (Å²) in [6, 6.07) is 0. The van der Waals surface area contributed by atoms with E-state index in [0.717, 1.165) is 0 Å². The van der Waals surface area contributed by atoms with Gasteiger partial charge in [-0.2, -0.15) is 0 Å². The summed E-state index contributed by atoms with van der Waals surface area (Å²) in [4.78, 5) is 0. The molecule has 0 aliphatic carbocycles. The molecular weight excluding hydrogens is 98.5 g/mol. The summed E-state index contributed by atoms with van der Waals surface area (Å²) in [5, 5.41) is 0. The Labute approximate surface area is 37.7 Å². The Morgan fingerprint density at radius 2 is 1.50 bits per heavy atom. The normalized spacial score (nSPS) is 11.5. The minimum atomic E-state index is -0.312. The zero-order chi connectivity index (χ0) is 3.58. The SMILES string of the molecule is [Li][Cu]([NH2])[NH2]. The van der Waals surface area contributed by atoms with Crippen LogP contribution in [0.1, 0.15) is 0 Å². The summed E-state index contributed by atoms with van der Waals surface area (Å²) < 4.78 is 9.82. The van der Waals surface area contributed by atoms with Crippen molar-refractivity contribution in [2.45, 2.75) is 0 Å². The summed E-state index contributed by atoms with van der Waals surface area (Å²) >= 11 is 1.43. The van der Waals surface area contributed by atoms with E-state index in [9.17, 15) is 0 Å². The van der Waals surface area contributed by atoms with Gasteiger partial charge in [0.15, 0.2) is 0 Å². The van der Waals surface area contributed by atoms with Crippen LogP contribution < -0.4 is 9.50 Å². The zero-order valence-electron chi connectivity index (χ0n) is 2.46. The molecule has 4 N–H and O–H groups in total. The van der Waals surface area contributed by atoms with Crippen LogP contribution in [0.15, 0.2) is 0 Å². The molecule has 0 saturated heterocycles. The summed E-state index contributed by atoms with van der Waals surface area (Å²) in [5.74, 6) is 0. The van der Waals surface area contributed by atoms with Crippen LogP contribution >= 0.6 is 0 Å². The fourth-order valence-corrected chi connectivity index (χ4v) is 0. The Bertz CT molecular complexity index is 10.8. The maximum absolute atomic E-state index is 4.91. The molecular formula is H4CuLiN2. The molecule has 0 unspecified atom stereocenters. The molecule has 0 aliphatic heterocycles. The summed E-state index contributed by atoms with van der Waals surface area (Å²) in [7, 11) is 0. The van der Waals surface area contributed by atoms with Gasteiger partial charge in [-0.15, -0.1) is 0 Å². The second-order valence-electron chi connectivity index (χ2n) is 0.449. The second kappa shape index (κ2) is 2.28. The van der Waals surface area contributed by atoms with Gasteiger partial charge in [-0.1, -0.05) is 0 Å². The summed E-state index contributed by atoms with van der Waals surface area (Å²) in [6.07, 6.45) is 0. The molecule has 2 nitrogen and oxygen atoms in total. The van der Waals surface area contributed by atoms with Crippen molar-refractivity contribution < 1.29 is 12.1 Å². The average molecular weight is 103 g/mol. The first-order valence-electron chi connectivity index (χ1n) is 0.650. The molecule has 0 heterocycles. The number of rotatable bonds is 0. The molecule has 0 aliphatic rings. The first-order chi connectivity index (χ1) is 1.73. The van der Waals surface area contributed by atoms with E-state index in [1.807, 2.05) is 0 Å². The predicted molar refractivity (Wildman–Crippen MR) is 14.1 cm³/mol. The van der Waals surface area contributed by atoms with Crippen LogP contribution in [0.5, 0.6) is 0 Å². The quantitative estimate of drug-likeness (QED) is 0.364. The van der Waals surface area contributed by atoms with Crippen LogP contribution in [-0.4, -0.2) is 15.8 Å². The van der Waals surface area contributed by atoms with E-state index in [-0.39, 0.29) is 12.1 Å². The Hall–Kier alpha value is 1.04. The molecule has 0 amide bonds. The fourth-order valence-electron chi connectivity index (χ4n) is 0. The average Bonchev–Trinajstić information content (AvgIpc) is 0.811. The molecule has 0 aromatic rings. The molecule has 0 bridgehead atoms. The van der Waals surface area contributed by atoms with Crippen LogP contribution in [0.2, 0.25) is 0 Å². The molecule has 0 spiro atoms. The molecule has 4 heteroatoms. The van der Waals surface area contributed by atoms with Crippen LogP contribution in [0.25, 0.3) is 0 Å². The molecule has 0 atom stereocenters. The van der Waals surface area contributed by atoms with Gasteiger partial charge in [0.25, 0.3) is 0 Å². The van der Waals surface area contributed by atoms with Crippen molar-refractivity contribution >= 4 is 15.8 Å². The Kier molecular flexibility index (Phi) is 2.88. The zero-order valence-corrected chi connectivity index (χ0v) is 3.40. The Morgan fingerprint density at radius 3 is 1.50 bits per heavy atom. The Morgan fingerprint density at radius 1 is 1.50 bits per heavy atom. The standard InChI is InChI=1S/Cu.Li.2H2N/h;;2*1H2/q+2;;2*-1. The summed E-state index contributed by atoms with van der Waals surface area (Å²) in [5.41, 5.74) is 0. The van der Waals surface area contributed by atoms with Gasteiger partial charge >= 0.3 is 37.4 Å². The van der Waals surface area contributed by atoms with E-state index in [4.69, 9.17) is 9.50 Å². The van der Waals surface area contributed by atoms with Gasteiger partial charge in [0.2, 0.25) is 0 Å². The van der Waals surface area contributed by atoms with E-state index in [2.05, 4.69) is 0 Å². The molecule has 0 fully saturated rings. The molecule has 0 aromatic heterocycles. The number of nitrogens with two attached hydrogens (primary N) is 2. The van der Waals surface area contributed by atoms with Crippen LogP contribution in [0, 0.1) is 0 Å². The van der Waals surface area contributed by atoms with Gasteiger partial charge in [-0.25, -0.2) is 0 Å². The van der Waals surface area contributed by atoms with E-state index >= 15 is 0 Å². The van der Waals surface area contributed by atoms with Crippen molar-refractivity contribution in [3.8, 4) is 0 Å². The van der Waals surface area contributed by atoms with Gasteiger partial charge in [0.05, 0.1) is 0 Å². The van der Waals surface area contributed by atoms with E-state index < -0.39 is 0 Å². The van der Waals surface area contributed by atoms with Crippen molar-refractivity contribution in [2.75, 3.05) is 0 Å². The van der Waals surface area contributed by atoms with Gasteiger partial charge < -0.3 is 0 Å². The molecule has 0 aromatic carbocycles. The van der Waals surface area contributed by atoms with Crippen molar-refractivity contribution in [3.63, 3.8) is 0 Å². The summed E-state index contributed by atoms with van der Waals surface area (Å²) in [6.45, 7) is 0. The monoisotopic (exact) mass is 102 g/mol. The predicted octanol–water partition coefficient (Wildman–Crippen LogP) is -1.56. The Balaban J connectivity index is 2.32. The third kappa shape index (κ3) is 11.7. The van der Waals surface area contributed by atoms with Crippen molar-refractivity contribution in [2.24, 2.45) is 9.50 Å². The van der Waals surface area contributed by atoms with Crippen molar-refractivity contribution in [1.82, 2.24) is 0 Å². The topological polar surface area (TPSA) is 52.0 Å². The molecule has 0 saturated carbocycles. The third-order valence-electron chi connectivity index (χ3n) is 0. The third-order valence-corrected chi connectivity index (χ3v) is 0. The van der Waals surface area contributed by atoms with Gasteiger partial charge in [0.1, 0.15) is 0 Å². The van der Waals surface area contributed by atoms with Gasteiger partial charge in [0, 0.05) is 0 Å². The first-order valence-corrected chi connectivity index (χ1v) is 2.68. The number of hydrogen-bond acceptors (Lipinski definition) is 2. The van der Waals surface area contributed by atoms with E-state index in [0.29, 0.717) is 0 Å². The minimum absolute atomic E-state index is 0.312. The molecule has 0 rings (SSSR count). The molecule has 26 valence electrons. The molecule has 0 radical (unpaired) electrons. The van der Waals surface area contributed by atoms with E-state index in [1.165, 1.54) is 0 Å².